The summed E-state index contributed by atoms with van der Waals surface area (Å²) >= 11 is 1.73. The van der Waals surface area contributed by atoms with Gasteiger partial charge < -0.3 is 4.74 Å². The summed E-state index contributed by atoms with van der Waals surface area (Å²) in [5, 5.41) is 1.09. The fraction of sp³-hybridized carbons (Fsp3) is 0.417. The first-order valence-electron chi connectivity index (χ1n) is 5.18. The van der Waals surface area contributed by atoms with E-state index in [-0.39, 0.29) is 0 Å². The highest BCUT2D eigenvalue weighted by Gasteiger charge is 2.08. The minimum atomic E-state index is 0.903. The van der Waals surface area contributed by atoms with Gasteiger partial charge in [-0.05, 0) is 31.0 Å². The van der Waals surface area contributed by atoms with E-state index in [1.807, 2.05) is 6.92 Å². The Balaban J connectivity index is 2.59. The van der Waals surface area contributed by atoms with Crippen LogP contribution in [0.4, 0.5) is 0 Å². The molecule has 0 unspecified atom stereocenters. The summed E-state index contributed by atoms with van der Waals surface area (Å²) in [5.74, 6) is 0.903. The molecular formula is C12H15NOS. The molecule has 2 nitrogen and oxygen atoms in total. The average molecular weight is 221 g/mol. The van der Waals surface area contributed by atoms with Crippen LogP contribution in [-0.2, 0) is 6.42 Å². The molecule has 0 saturated carbocycles. The minimum Gasteiger partial charge on any atom is -0.494 e. The normalized spacial score (nSPS) is 10.9. The molecule has 2 rings (SSSR count). The van der Waals surface area contributed by atoms with E-state index >= 15 is 0 Å². The minimum absolute atomic E-state index is 0.903. The molecule has 15 heavy (non-hydrogen) atoms. The van der Waals surface area contributed by atoms with E-state index in [2.05, 4.69) is 24.0 Å². The highest BCUT2D eigenvalue weighted by atomic mass is 32.1. The van der Waals surface area contributed by atoms with Crippen molar-refractivity contribution in [3.63, 3.8) is 0 Å². The second-order valence-corrected chi connectivity index (χ2v) is 4.86. The molecule has 0 amide bonds. The van der Waals surface area contributed by atoms with E-state index in [9.17, 15) is 0 Å². The highest BCUT2D eigenvalue weighted by molar-refractivity contribution is 7.18. The van der Waals surface area contributed by atoms with Gasteiger partial charge in [0.1, 0.15) is 11.3 Å². The van der Waals surface area contributed by atoms with Crippen LogP contribution in [0, 0.1) is 6.92 Å². The molecule has 0 radical (unpaired) electrons. The summed E-state index contributed by atoms with van der Waals surface area (Å²) in [5.41, 5.74) is 2.34. The maximum Gasteiger partial charge on any atom is 0.146 e. The second kappa shape index (κ2) is 4.19. The number of rotatable bonds is 3. The summed E-state index contributed by atoms with van der Waals surface area (Å²) in [6.45, 7) is 4.22. The lowest BCUT2D eigenvalue weighted by atomic mass is 10.1. The monoisotopic (exact) mass is 221 g/mol. The maximum atomic E-state index is 5.37. The van der Waals surface area contributed by atoms with Crippen LogP contribution in [0.3, 0.4) is 0 Å². The smallest absolute Gasteiger partial charge is 0.146 e. The van der Waals surface area contributed by atoms with Gasteiger partial charge in [0.15, 0.2) is 0 Å². The van der Waals surface area contributed by atoms with Gasteiger partial charge in [0, 0.05) is 0 Å². The van der Waals surface area contributed by atoms with Crippen molar-refractivity contribution < 1.29 is 4.74 Å². The van der Waals surface area contributed by atoms with Crippen molar-refractivity contribution in [1.29, 1.82) is 0 Å². The fourth-order valence-electron chi connectivity index (χ4n) is 1.75. The van der Waals surface area contributed by atoms with Crippen LogP contribution in [0.5, 0.6) is 5.75 Å². The van der Waals surface area contributed by atoms with Crippen molar-refractivity contribution in [2.45, 2.75) is 26.7 Å². The van der Waals surface area contributed by atoms with Gasteiger partial charge in [-0.2, -0.15) is 0 Å². The summed E-state index contributed by atoms with van der Waals surface area (Å²) in [4.78, 5) is 4.48. The number of fused-ring (bicyclic) bond motifs is 1. The molecule has 0 aliphatic heterocycles. The number of methoxy groups -OCH3 is 1. The molecule has 0 spiro atoms. The molecule has 0 N–H and O–H groups in total. The van der Waals surface area contributed by atoms with Crippen molar-refractivity contribution in [2.24, 2.45) is 0 Å². The molecule has 1 aromatic carbocycles. The zero-order valence-electron chi connectivity index (χ0n) is 9.33. The number of ether oxygens (including phenoxy) is 1. The topological polar surface area (TPSA) is 22.1 Å². The van der Waals surface area contributed by atoms with Crippen LogP contribution >= 0.6 is 11.3 Å². The van der Waals surface area contributed by atoms with Crippen LogP contribution in [0.15, 0.2) is 12.1 Å². The third kappa shape index (κ3) is 1.97. The molecule has 80 valence electrons. The van der Waals surface area contributed by atoms with Gasteiger partial charge >= 0.3 is 0 Å². The van der Waals surface area contributed by atoms with Gasteiger partial charge in [0.25, 0.3) is 0 Å². The molecule has 0 aliphatic carbocycles. The maximum absolute atomic E-state index is 5.37. The first-order chi connectivity index (χ1) is 7.24. The standard InChI is InChI=1S/C12H15NOS/c1-4-5-9-6-10(14-3)12-11(7-9)15-8(2)13-12/h6-7H,4-5H2,1-3H3. The fourth-order valence-corrected chi connectivity index (χ4v) is 2.66. The Morgan fingerprint density at radius 1 is 1.40 bits per heavy atom. The van der Waals surface area contributed by atoms with Gasteiger partial charge in [-0.15, -0.1) is 11.3 Å². The molecule has 0 aliphatic rings. The van der Waals surface area contributed by atoms with Crippen molar-refractivity contribution in [1.82, 2.24) is 4.98 Å². The van der Waals surface area contributed by atoms with Crippen LogP contribution < -0.4 is 4.74 Å². The molecule has 1 heterocycles. The quantitative estimate of drug-likeness (QED) is 0.790. The van der Waals surface area contributed by atoms with Gasteiger partial charge in [0.05, 0.1) is 16.8 Å². The summed E-state index contributed by atoms with van der Waals surface area (Å²) < 4.78 is 6.60. The molecule has 0 fully saturated rings. The van der Waals surface area contributed by atoms with Crippen LogP contribution in [0.1, 0.15) is 23.9 Å². The Morgan fingerprint density at radius 2 is 2.20 bits per heavy atom. The third-order valence-corrected chi connectivity index (χ3v) is 3.30. The molecular weight excluding hydrogens is 206 g/mol. The SMILES string of the molecule is CCCc1cc(OC)c2nc(C)sc2c1. The Bertz CT molecular complexity index is 476. The lowest BCUT2D eigenvalue weighted by Gasteiger charge is -2.04. The first-order valence-corrected chi connectivity index (χ1v) is 6.00. The molecule has 0 bridgehead atoms. The Kier molecular flexibility index (Phi) is 2.91. The number of hydrogen-bond donors (Lipinski definition) is 0. The van der Waals surface area contributed by atoms with E-state index < -0.39 is 0 Å². The lowest BCUT2D eigenvalue weighted by Crippen LogP contribution is -1.88. The van der Waals surface area contributed by atoms with E-state index in [0.29, 0.717) is 0 Å². The predicted octanol–water partition coefficient (Wildman–Crippen LogP) is 3.57. The number of aromatic nitrogens is 1. The Morgan fingerprint density at radius 3 is 2.87 bits per heavy atom. The van der Waals surface area contributed by atoms with Crippen LogP contribution in [0.25, 0.3) is 10.2 Å². The zero-order valence-corrected chi connectivity index (χ0v) is 10.1. The number of benzene rings is 1. The Hall–Kier alpha value is -1.09. The van der Waals surface area contributed by atoms with Gasteiger partial charge in [-0.1, -0.05) is 13.3 Å². The van der Waals surface area contributed by atoms with E-state index in [1.165, 1.54) is 10.3 Å². The van der Waals surface area contributed by atoms with Crippen molar-refractivity contribution in [2.75, 3.05) is 7.11 Å². The average Bonchev–Trinajstić information content (AvgIpc) is 2.57. The number of thiazole rings is 1. The second-order valence-electron chi connectivity index (χ2n) is 3.63. The third-order valence-electron chi connectivity index (χ3n) is 2.39. The predicted molar refractivity (Wildman–Crippen MR) is 64.9 cm³/mol. The van der Waals surface area contributed by atoms with Gasteiger partial charge in [-0.25, -0.2) is 4.98 Å². The summed E-state index contributed by atoms with van der Waals surface area (Å²) in [6.07, 6.45) is 2.26. The molecule has 0 saturated heterocycles. The van der Waals surface area contributed by atoms with Gasteiger partial charge in [-0.3, -0.25) is 0 Å². The van der Waals surface area contributed by atoms with Crippen molar-refractivity contribution >= 4 is 21.6 Å². The van der Waals surface area contributed by atoms with E-state index in [4.69, 9.17) is 4.74 Å². The number of hydrogen-bond acceptors (Lipinski definition) is 3. The Labute approximate surface area is 93.9 Å². The lowest BCUT2D eigenvalue weighted by molar-refractivity contribution is 0.418. The highest BCUT2D eigenvalue weighted by Crippen LogP contribution is 2.31. The summed E-state index contributed by atoms with van der Waals surface area (Å²) in [6, 6.07) is 4.33. The zero-order chi connectivity index (χ0) is 10.8. The number of aryl methyl sites for hydroxylation is 2. The van der Waals surface area contributed by atoms with E-state index in [0.717, 1.165) is 29.1 Å². The first kappa shape index (κ1) is 10.4. The molecule has 1 aromatic heterocycles. The van der Waals surface area contributed by atoms with Crippen molar-refractivity contribution in [3.8, 4) is 5.75 Å². The van der Waals surface area contributed by atoms with Gasteiger partial charge in [0.2, 0.25) is 0 Å². The number of nitrogens with zero attached hydrogens (tertiary/aromatic N) is 1. The largest absolute Gasteiger partial charge is 0.494 e. The van der Waals surface area contributed by atoms with E-state index in [1.54, 1.807) is 18.4 Å². The molecule has 3 heteroatoms. The van der Waals surface area contributed by atoms with Crippen LogP contribution in [-0.4, -0.2) is 12.1 Å². The summed E-state index contributed by atoms with van der Waals surface area (Å²) in [7, 11) is 1.71. The molecule has 2 aromatic rings. The van der Waals surface area contributed by atoms with Crippen LogP contribution in [0.2, 0.25) is 0 Å². The van der Waals surface area contributed by atoms with Crippen molar-refractivity contribution in [3.05, 3.63) is 22.7 Å². The molecule has 0 atom stereocenters.